The van der Waals surface area contributed by atoms with E-state index in [1.165, 1.54) is 11.1 Å². The van der Waals surface area contributed by atoms with Gasteiger partial charge in [-0.15, -0.1) is 0 Å². The summed E-state index contributed by atoms with van der Waals surface area (Å²) < 4.78 is 2.35. The highest BCUT2D eigenvalue weighted by Crippen LogP contribution is 2.40. The molecule has 0 bridgehead atoms. The highest BCUT2D eigenvalue weighted by molar-refractivity contribution is 6.20. The topological polar surface area (TPSA) is 32.0 Å². The highest BCUT2D eigenvalue weighted by atomic mass is 15.1. The lowest BCUT2D eigenvalue weighted by Crippen LogP contribution is -2.10. The first-order valence-corrected chi connectivity index (χ1v) is 16.9. The van der Waals surface area contributed by atoms with Crippen LogP contribution in [0.2, 0.25) is 0 Å². The molecule has 0 spiro atoms. The number of benzene rings is 8. The van der Waals surface area contributed by atoms with Crippen LogP contribution in [0.4, 0.5) is 17.1 Å². The van der Waals surface area contributed by atoms with Gasteiger partial charge in [0.25, 0.3) is 0 Å². The summed E-state index contributed by atoms with van der Waals surface area (Å²) >= 11 is 0. The summed E-state index contributed by atoms with van der Waals surface area (Å²) in [4.78, 5) is 2.32. The Morgan fingerprint density at radius 3 is 1.82 bits per heavy atom. The maximum absolute atomic E-state index is 9.34. The molecule has 1 aromatic heterocycles. The molecule has 0 amide bonds. The molecule has 0 aliphatic carbocycles. The molecule has 3 nitrogen and oxygen atoms in total. The molecule has 1 heterocycles. The molecule has 0 atom stereocenters. The Hall–Kier alpha value is -6.71. The van der Waals surface area contributed by atoms with Crippen molar-refractivity contribution in [2.75, 3.05) is 4.90 Å². The van der Waals surface area contributed by atoms with E-state index in [-0.39, 0.29) is 0 Å². The Kier molecular flexibility index (Phi) is 7.29. The van der Waals surface area contributed by atoms with Crippen molar-refractivity contribution in [3.63, 3.8) is 0 Å². The van der Waals surface area contributed by atoms with Crippen molar-refractivity contribution in [2.24, 2.45) is 0 Å². The Morgan fingerprint density at radius 1 is 0.420 bits per heavy atom. The van der Waals surface area contributed by atoms with E-state index in [9.17, 15) is 5.41 Å². The molecule has 9 aromatic rings. The maximum Gasteiger partial charge on any atom is 0.0691 e. The van der Waals surface area contributed by atoms with Crippen molar-refractivity contribution in [1.82, 2.24) is 4.57 Å². The quantitative estimate of drug-likeness (QED) is 0.173. The molecule has 0 fully saturated rings. The second-order valence-electron chi connectivity index (χ2n) is 12.6. The minimum Gasteiger partial charge on any atom is -0.310 e. The van der Waals surface area contributed by atoms with E-state index in [4.69, 9.17) is 0 Å². The highest BCUT2D eigenvalue weighted by Gasteiger charge is 2.19. The van der Waals surface area contributed by atoms with E-state index in [1.807, 2.05) is 18.2 Å². The molecule has 3 heteroatoms. The Morgan fingerprint density at radius 2 is 1.04 bits per heavy atom. The monoisotopic (exact) mass is 639 g/mol. The number of hydrogen-bond donors (Lipinski definition) is 1. The van der Waals surface area contributed by atoms with Crippen molar-refractivity contribution in [3.8, 4) is 16.8 Å². The normalized spacial score (nSPS) is 11.3. The van der Waals surface area contributed by atoms with Crippen LogP contribution in [0.3, 0.4) is 0 Å². The zero-order valence-electron chi connectivity index (χ0n) is 27.4. The molecule has 1 N–H and O–H groups in total. The van der Waals surface area contributed by atoms with Crippen LogP contribution < -0.4 is 4.90 Å². The summed E-state index contributed by atoms with van der Waals surface area (Å²) in [5.74, 6) is 0. The van der Waals surface area contributed by atoms with Gasteiger partial charge in [0.1, 0.15) is 0 Å². The van der Waals surface area contributed by atoms with Crippen LogP contribution >= 0.6 is 0 Å². The molecular formula is C47H33N3. The van der Waals surface area contributed by atoms with Gasteiger partial charge in [0.05, 0.1) is 16.7 Å². The molecule has 0 aliphatic heterocycles. The molecule has 50 heavy (non-hydrogen) atoms. The number of nitrogens with one attached hydrogen (secondary N) is 1. The van der Waals surface area contributed by atoms with E-state index < -0.39 is 0 Å². The fourth-order valence-electron chi connectivity index (χ4n) is 7.22. The first-order chi connectivity index (χ1) is 24.7. The summed E-state index contributed by atoms with van der Waals surface area (Å²) in [7, 11) is 0. The first-order valence-electron chi connectivity index (χ1n) is 16.9. The predicted molar refractivity (Wildman–Crippen MR) is 211 cm³/mol. The number of hydrogen-bond acceptors (Lipinski definition) is 2. The molecule has 0 saturated carbocycles. The maximum atomic E-state index is 9.34. The van der Waals surface area contributed by atoms with E-state index in [0.717, 1.165) is 66.5 Å². The molecule has 236 valence electrons. The number of aromatic nitrogens is 1. The molecule has 0 unspecified atom stereocenters. The summed E-state index contributed by atoms with van der Waals surface area (Å²) in [5, 5.41) is 13.8. The molecule has 0 saturated heterocycles. The van der Waals surface area contributed by atoms with Gasteiger partial charge in [-0.05, 0) is 82.6 Å². The molecular weight excluding hydrogens is 607 g/mol. The Labute approximate surface area is 291 Å². The van der Waals surface area contributed by atoms with Crippen LogP contribution in [-0.2, 0) is 0 Å². The van der Waals surface area contributed by atoms with Crippen molar-refractivity contribution in [2.45, 2.75) is 0 Å². The molecule has 0 radical (unpaired) electrons. The van der Waals surface area contributed by atoms with Crippen molar-refractivity contribution < 1.29 is 0 Å². The predicted octanol–water partition coefficient (Wildman–Crippen LogP) is 12.5. The van der Waals surface area contributed by atoms with Gasteiger partial charge < -0.3 is 9.47 Å². The van der Waals surface area contributed by atoms with Gasteiger partial charge in [0.15, 0.2) is 0 Å². The number of nitrogens with zero attached hydrogens (tertiary/aromatic N) is 2. The fraction of sp³-hybridized carbons (Fsp3) is 0. The standard InChI is InChI=1S/C47H33N3/c48-47(43-22-12-16-35-15-10-11-21-41(35)43)36-25-30-45-44(31-36)42-29-28-40(32-46(42)50(45)38-19-8-3-9-20-38)49(37-17-6-2-7-18-37)39-26-23-34(24-27-39)33-13-4-1-5-14-33/h1-32,48H. The molecule has 9 rings (SSSR count). The minimum absolute atomic E-state index is 0.523. The van der Waals surface area contributed by atoms with Crippen molar-refractivity contribution in [1.29, 1.82) is 5.41 Å². The van der Waals surface area contributed by atoms with Crippen LogP contribution in [0, 0.1) is 5.41 Å². The van der Waals surface area contributed by atoms with Crippen molar-refractivity contribution in [3.05, 3.63) is 205 Å². The van der Waals surface area contributed by atoms with Crippen LogP contribution in [0.1, 0.15) is 11.1 Å². The average Bonchev–Trinajstić information content (AvgIpc) is 3.52. The molecule has 8 aromatic carbocycles. The third kappa shape index (κ3) is 5.13. The zero-order valence-corrected chi connectivity index (χ0v) is 27.4. The lowest BCUT2D eigenvalue weighted by Gasteiger charge is -2.26. The summed E-state index contributed by atoms with van der Waals surface area (Å²) in [6.45, 7) is 0. The third-order valence-electron chi connectivity index (χ3n) is 9.62. The van der Waals surface area contributed by atoms with Gasteiger partial charge in [0.2, 0.25) is 0 Å². The summed E-state index contributed by atoms with van der Waals surface area (Å²) in [6, 6.07) is 68.2. The Bertz CT molecular complexity index is 2630. The summed E-state index contributed by atoms with van der Waals surface area (Å²) in [5.41, 5.74) is 11.3. The Balaban J connectivity index is 1.22. The van der Waals surface area contributed by atoms with Gasteiger partial charge in [-0.2, -0.15) is 0 Å². The van der Waals surface area contributed by atoms with Gasteiger partial charge in [0, 0.05) is 44.6 Å². The van der Waals surface area contributed by atoms with Gasteiger partial charge in [-0.3, -0.25) is 5.41 Å². The smallest absolute Gasteiger partial charge is 0.0691 e. The number of rotatable bonds is 7. The van der Waals surface area contributed by atoms with Crippen molar-refractivity contribution >= 4 is 55.4 Å². The second kappa shape index (κ2) is 12.4. The second-order valence-corrected chi connectivity index (χ2v) is 12.6. The van der Waals surface area contributed by atoms with E-state index in [1.54, 1.807) is 0 Å². The molecule has 0 aliphatic rings. The number of fused-ring (bicyclic) bond motifs is 4. The van der Waals surface area contributed by atoms with Gasteiger partial charge in [-0.1, -0.05) is 133 Å². The average molecular weight is 640 g/mol. The summed E-state index contributed by atoms with van der Waals surface area (Å²) in [6.07, 6.45) is 0. The first kappa shape index (κ1) is 29.4. The van der Waals surface area contributed by atoms with Crippen LogP contribution in [-0.4, -0.2) is 10.3 Å². The lowest BCUT2D eigenvalue weighted by molar-refractivity contribution is 1.18. The van der Waals surface area contributed by atoms with Crippen LogP contribution in [0.5, 0.6) is 0 Å². The van der Waals surface area contributed by atoms with Gasteiger partial charge >= 0.3 is 0 Å². The van der Waals surface area contributed by atoms with Crippen LogP contribution in [0.25, 0.3) is 49.4 Å². The third-order valence-corrected chi connectivity index (χ3v) is 9.62. The van der Waals surface area contributed by atoms with Crippen LogP contribution in [0.15, 0.2) is 194 Å². The fourth-order valence-corrected chi connectivity index (χ4v) is 7.22. The lowest BCUT2D eigenvalue weighted by atomic mass is 9.95. The number of anilines is 3. The minimum atomic E-state index is 0.523. The van der Waals surface area contributed by atoms with E-state index >= 15 is 0 Å². The van der Waals surface area contributed by atoms with E-state index in [0.29, 0.717) is 5.71 Å². The van der Waals surface area contributed by atoms with E-state index in [2.05, 4.69) is 185 Å². The zero-order chi connectivity index (χ0) is 33.4. The number of para-hydroxylation sites is 2. The largest absolute Gasteiger partial charge is 0.310 e. The van der Waals surface area contributed by atoms with Gasteiger partial charge in [-0.25, -0.2) is 0 Å². The SMILES string of the molecule is N=C(c1ccc2c(c1)c1ccc(N(c3ccccc3)c3ccc(-c4ccccc4)cc3)cc1n2-c1ccccc1)c1cccc2ccccc12.